The second-order valence-electron chi connectivity index (χ2n) is 4.21. The summed E-state index contributed by atoms with van der Waals surface area (Å²) in [4.78, 5) is 11.9. The maximum absolute atomic E-state index is 11.9. The molecule has 6 nitrogen and oxygen atoms in total. The summed E-state index contributed by atoms with van der Waals surface area (Å²) in [5.41, 5.74) is 0.0806. The first-order valence-electron chi connectivity index (χ1n) is 5.58. The van der Waals surface area contributed by atoms with Crippen molar-refractivity contribution in [3.8, 4) is 0 Å². The summed E-state index contributed by atoms with van der Waals surface area (Å²) < 4.78 is 23.2. The molecule has 2 heterocycles. The Morgan fingerprint density at radius 1 is 1.42 bits per heavy atom. The largest absolute Gasteiger partial charge is 0.351 e. The second kappa shape index (κ2) is 5.60. The van der Waals surface area contributed by atoms with Crippen molar-refractivity contribution in [1.82, 2.24) is 15.5 Å². The molecule has 0 spiro atoms. The van der Waals surface area contributed by atoms with Gasteiger partial charge in [0.25, 0.3) is 5.91 Å². The van der Waals surface area contributed by atoms with Crippen LogP contribution in [0.4, 0.5) is 0 Å². The number of nitrogens with zero attached hydrogens (tertiary/aromatic N) is 2. The number of nitrogens with one attached hydrogen (secondary N) is 1. The van der Waals surface area contributed by atoms with Crippen LogP contribution >= 0.6 is 23.2 Å². The van der Waals surface area contributed by atoms with Crippen molar-refractivity contribution in [2.24, 2.45) is 0 Å². The van der Waals surface area contributed by atoms with Gasteiger partial charge in [-0.15, -0.1) is 10.2 Å². The number of hydrogen-bond donors (Lipinski definition) is 1. The Hall–Kier alpha value is -0.920. The third kappa shape index (κ3) is 3.34. The highest BCUT2D eigenvalue weighted by Crippen LogP contribution is 2.20. The predicted octanol–water partition coefficient (Wildman–Crippen LogP) is 1.09. The topological polar surface area (TPSA) is 89.0 Å². The number of sulfone groups is 1. The van der Waals surface area contributed by atoms with Crippen LogP contribution in [-0.2, 0) is 9.84 Å². The van der Waals surface area contributed by atoms with Crippen molar-refractivity contribution in [2.75, 3.05) is 12.3 Å². The lowest BCUT2D eigenvalue weighted by molar-refractivity contribution is 0.0953. The van der Waals surface area contributed by atoms with Crippen molar-refractivity contribution in [1.29, 1.82) is 0 Å². The number of halogens is 2. The van der Waals surface area contributed by atoms with E-state index < -0.39 is 21.0 Å². The van der Waals surface area contributed by atoms with E-state index in [2.05, 4.69) is 15.5 Å². The molecule has 1 atom stereocenters. The molecule has 0 bridgehead atoms. The highest BCUT2D eigenvalue weighted by Gasteiger charge is 2.31. The fourth-order valence-corrected chi connectivity index (χ4v) is 3.99. The minimum absolute atomic E-state index is 0.0445. The van der Waals surface area contributed by atoms with Crippen LogP contribution in [0.3, 0.4) is 0 Å². The Labute approximate surface area is 120 Å². The van der Waals surface area contributed by atoms with Crippen LogP contribution in [0.25, 0.3) is 0 Å². The van der Waals surface area contributed by atoms with Gasteiger partial charge in [0.1, 0.15) is 0 Å². The van der Waals surface area contributed by atoms with Crippen LogP contribution in [-0.4, -0.2) is 42.1 Å². The van der Waals surface area contributed by atoms with Gasteiger partial charge in [0, 0.05) is 6.54 Å². The van der Waals surface area contributed by atoms with Crippen molar-refractivity contribution in [3.05, 3.63) is 21.9 Å². The van der Waals surface area contributed by atoms with E-state index in [4.69, 9.17) is 23.2 Å². The monoisotopic (exact) mass is 323 g/mol. The van der Waals surface area contributed by atoms with E-state index in [9.17, 15) is 13.2 Å². The van der Waals surface area contributed by atoms with E-state index in [1.54, 1.807) is 0 Å². The molecule has 104 valence electrons. The summed E-state index contributed by atoms with van der Waals surface area (Å²) in [6, 6.07) is 1.29. The summed E-state index contributed by atoms with van der Waals surface area (Å²) in [6.07, 6.45) is 1.19. The summed E-state index contributed by atoms with van der Waals surface area (Å²) in [5, 5.41) is 8.98. The average molecular weight is 324 g/mol. The zero-order valence-electron chi connectivity index (χ0n) is 9.77. The molecule has 0 saturated carbocycles. The molecule has 0 aliphatic carbocycles. The zero-order chi connectivity index (χ0) is 14.0. The van der Waals surface area contributed by atoms with Gasteiger partial charge in [-0.25, -0.2) is 8.42 Å². The van der Waals surface area contributed by atoms with Crippen LogP contribution in [0.15, 0.2) is 6.07 Å². The third-order valence-electron chi connectivity index (χ3n) is 2.92. The van der Waals surface area contributed by atoms with Gasteiger partial charge in [0.05, 0.1) is 16.6 Å². The Morgan fingerprint density at radius 3 is 2.79 bits per heavy atom. The first-order chi connectivity index (χ1) is 8.90. The van der Waals surface area contributed by atoms with Gasteiger partial charge in [-0.1, -0.05) is 23.2 Å². The molecule has 1 aromatic rings. The first kappa shape index (κ1) is 14.5. The normalized spacial score (nSPS) is 21.3. The zero-order valence-corrected chi connectivity index (χ0v) is 12.1. The fraction of sp³-hybridized carbons (Fsp3) is 0.500. The summed E-state index contributed by atoms with van der Waals surface area (Å²) >= 11 is 11.4. The maximum Gasteiger partial charge on any atom is 0.254 e. The number of rotatable bonds is 3. The molecule has 1 N–H and O–H groups in total. The highest BCUT2D eigenvalue weighted by atomic mass is 35.5. The van der Waals surface area contributed by atoms with Gasteiger partial charge >= 0.3 is 0 Å². The fourth-order valence-electron chi connectivity index (χ4n) is 1.90. The minimum atomic E-state index is -3.08. The van der Waals surface area contributed by atoms with Gasteiger partial charge in [0.2, 0.25) is 0 Å². The quantitative estimate of drug-likeness (QED) is 0.899. The Morgan fingerprint density at radius 2 is 2.16 bits per heavy atom. The molecule has 19 heavy (non-hydrogen) atoms. The van der Waals surface area contributed by atoms with Crippen LogP contribution in [0.1, 0.15) is 23.2 Å². The van der Waals surface area contributed by atoms with Crippen molar-refractivity contribution >= 4 is 38.9 Å². The van der Waals surface area contributed by atoms with Gasteiger partial charge in [-0.3, -0.25) is 4.79 Å². The lowest BCUT2D eigenvalue weighted by Crippen LogP contribution is -2.34. The van der Waals surface area contributed by atoms with E-state index in [-0.39, 0.29) is 28.2 Å². The molecule has 1 amide bonds. The van der Waals surface area contributed by atoms with E-state index in [1.165, 1.54) is 6.07 Å². The van der Waals surface area contributed by atoms with Gasteiger partial charge < -0.3 is 5.32 Å². The third-order valence-corrected chi connectivity index (χ3v) is 5.66. The average Bonchev–Trinajstić information content (AvgIpc) is 2.68. The SMILES string of the molecule is O=C(NCC1CCCS1(=O)=O)c1cc(Cl)nnc1Cl. The van der Waals surface area contributed by atoms with Crippen molar-refractivity contribution in [2.45, 2.75) is 18.1 Å². The lowest BCUT2D eigenvalue weighted by Gasteiger charge is -2.11. The van der Waals surface area contributed by atoms with Gasteiger partial charge in [-0.05, 0) is 18.9 Å². The van der Waals surface area contributed by atoms with Crippen LogP contribution < -0.4 is 5.32 Å². The summed E-state index contributed by atoms with van der Waals surface area (Å²) in [5.74, 6) is -0.333. The molecule has 1 unspecified atom stereocenters. The standard InChI is InChI=1S/C10H11Cl2N3O3S/c11-8-4-7(9(12)15-14-8)10(16)13-5-6-2-1-3-19(6,17)18/h4,6H,1-3,5H2,(H,13,16). The number of aromatic nitrogens is 2. The summed E-state index contributed by atoms with van der Waals surface area (Å²) in [7, 11) is -3.08. The second-order valence-corrected chi connectivity index (χ2v) is 7.36. The first-order valence-corrected chi connectivity index (χ1v) is 8.06. The Bertz CT molecular complexity index is 606. The van der Waals surface area contributed by atoms with E-state index in [1.807, 2.05) is 0 Å². The minimum Gasteiger partial charge on any atom is -0.351 e. The Balaban J connectivity index is 2.04. The van der Waals surface area contributed by atoms with Crippen LogP contribution in [0.2, 0.25) is 10.3 Å². The molecule has 9 heteroatoms. The summed E-state index contributed by atoms with van der Waals surface area (Å²) in [6.45, 7) is 0.0669. The van der Waals surface area contributed by atoms with E-state index >= 15 is 0 Å². The lowest BCUT2D eigenvalue weighted by atomic mass is 10.2. The van der Waals surface area contributed by atoms with E-state index in [0.29, 0.717) is 12.8 Å². The van der Waals surface area contributed by atoms with E-state index in [0.717, 1.165) is 0 Å². The molecule has 1 aromatic heterocycles. The number of amides is 1. The molecule has 1 aliphatic heterocycles. The van der Waals surface area contributed by atoms with Gasteiger partial charge in [-0.2, -0.15) is 0 Å². The number of carbonyl (C=O) groups excluding carboxylic acids is 1. The molecule has 2 rings (SSSR count). The molecule has 1 aliphatic rings. The van der Waals surface area contributed by atoms with Crippen molar-refractivity contribution < 1.29 is 13.2 Å². The molecule has 1 fully saturated rings. The highest BCUT2D eigenvalue weighted by molar-refractivity contribution is 7.92. The van der Waals surface area contributed by atoms with Gasteiger partial charge in [0.15, 0.2) is 20.1 Å². The number of hydrogen-bond acceptors (Lipinski definition) is 5. The maximum atomic E-state index is 11.9. The molecule has 0 aromatic carbocycles. The molecule has 0 radical (unpaired) electrons. The van der Waals surface area contributed by atoms with Crippen LogP contribution in [0.5, 0.6) is 0 Å². The van der Waals surface area contributed by atoms with Crippen LogP contribution in [0, 0.1) is 0 Å². The Kier molecular flexibility index (Phi) is 4.27. The number of carbonyl (C=O) groups is 1. The smallest absolute Gasteiger partial charge is 0.254 e. The predicted molar refractivity (Wildman–Crippen MR) is 71.2 cm³/mol. The molecular formula is C10H11Cl2N3O3S. The molecule has 1 saturated heterocycles. The van der Waals surface area contributed by atoms with Crippen molar-refractivity contribution in [3.63, 3.8) is 0 Å². The molecular weight excluding hydrogens is 313 g/mol.